The van der Waals surface area contributed by atoms with Crippen LogP contribution in [0.25, 0.3) is 0 Å². The van der Waals surface area contributed by atoms with Gasteiger partial charge in [-0.05, 0) is 12.1 Å². The van der Waals surface area contributed by atoms with E-state index >= 15 is 0 Å². The minimum atomic E-state index is 1.17. The Bertz CT molecular complexity index is 130. The third-order valence-electron chi connectivity index (χ3n) is 1.11. The molecule has 60 valence electrons. The van der Waals surface area contributed by atoms with Gasteiger partial charge >= 0.3 is 0 Å². The fourth-order valence-electron chi connectivity index (χ4n) is 0.614. The molecule has 0 aromatic carbocycles. The Morgan fingerprint density at radius 1 is 1.18 bits per heavy atom. The summed E-state index contributed by atoms with van der Waals surface area (Å²) in [6, 6.07) is 3.65. The van der Waals surface area contributed by atoms with Crippen LogP contribution in [0.3, 0.4) is 0 Å². The molecular weight excluding hydrogens is 158 g/mol. The first-order valence-electron chi connectivity index (χ1n) is 3.50. The highest BCUT2D eigenvalue weighted by Gasteiger charge is 1.93. The maximum atomic E-state index is 3.53. The first-order chi connectivity index (χ1) is 5.50. The van der Waals surface area contributed by atoms with Crippen molar-refractivity contribution in [3.05, 3.63) is 24.5 Å². The zero-order valence-electron chi connectivity index (χ0n) is 6.23. The van der Waals surface area contributed by atoms with E-state index < -0.39 is 0 Å². The van der Waals surface area contributed by atoms with E-state index in [2.05, 4.69) is 15.5 Å². The highest BCUT2D eigenvalue weighted by atomic mass is 32.2. The molecule has 0 unspecified atom stereocenters. The minimum Gasteiger partial charge on any atom is -0.307 e. The Morgan fingerprint density at radius 2 is 1.91 bits per heavy atom. The second-order valence-corrected chi connectivity index (χ2v) is 3.07. The lowest BCUT2D eigenvalue weighted by Gasteiger charge is -1.74. The molecule has 0 atom stereocenters. The van der Waals surface area contributed by atoms with Crippen molar-refractivity contribution in [2.24, 2.45) is 0 Å². The molecule has 2 heterocycles. The predicted molar refractivity (Wildman–Crippen MR) is 47.4 cm³/mol. The lowest BCUT2D eigenvalue weighted by atomic mass is 10.6. The van der Waals surface area contributed by atoms with Crippen LogP contribution in [0.5, 0.6) is 0 Å². The third kappa shape index (κ3) is 4.75. The topological polar surface area (TPSA) is 37.8 Å². The molecule has 3 nitrogen and oxygen atoms in total. The van der Waals surface area contributed by atoms with Gasteiger partial charge in [0.2, 0.25) is 0 Å². The minimum absolute atomic E-state index is 1.17. The van der Waals surface area contributed by atoms with Crippen molar-refractivity contribution in [1.29, 1.82) is 0 Å². The molecule has 0 amide bonds. The summed E-state index contributed by atoms with van der Waals surface area (Å²) in [5.41, 5.74) is 0. The van der Waals surface area contributed by atoms with E-state index in [1.807, 2.05) is 23.9 Å². The van der Waals surface area contributed by atoms with Gasteiger partial charge in [0.15, 0.2) is 0 Å². The summed E-state index contributed by atoms with van der Waals surface area (Å²) < 4.78 is 0. The van der Waals surface area contributed by atoms with E-state index in [1.165, 1.54) is 18.2 Å². The standard InChI is InChI=1S/C4H4N2.C3H7NS/c1-2-4-6-5-3-1;1-2-5-3-4-1/h1-4H;4H,1-3H2. The summed E-state index contributed by atoms with van der Waals surface area (Å²) >= 11 is 1.96. The van der Waals surface area contributed by atoms with Gasteiger partial charge in [-0.15, -0.1) is 11.8 Å². The summed E-state index contributed by atoms with van der Waals surface area (Å²) in [7, 11) is 0. The highest BCUT2D eigenvalue weighted by molar-refractivity contribution is 7.99. The third-order valence-corrected chi connectivity index (χ3v) is 2.01. The van der Waals surface area contributed by atoms with Crippen molar-refractivity contribution < 1.29 is 0 Å². The van der Waals surface area contributed by atoms with E-state index in [4.69, 9.17) is 0 Å². The first kappa shape index (κ1) is 8.49. The molecular formula is C7H11N3S. The van der Waals surface area contributed by atoms with E-state index in [-0.39, 0.29) is 0 Å². The molecule has 1 fully saturated rings. The van der Waals surface area contributed by atoms with Crippen LogP contribution in [0.1, 0.15) is 0 Å². The molecule has 2 rings (SSSR count). The van der Waals surface area contributed by atoms with Gasteiger partial charge in [-0.2, -0.15) is 10.2 Å². The number of nitrogens with zero attached hydrogens (tertiary/aromatic N) is 2. The number of nitrogens with one attached hydrogen (secondary N) is 1. The van der Waals surface area contributed by atoms with Crippen molar-refractivity contribution in [2.75, 3.05) is 18.2 Å². The molecule has 1 N–H and O–H groups in total. The quantitative estimate of drug-likeness (QED) is 0.622. The highest BCUT2D eigenvalue weighted by Crippen LogP contribution is 1.99. The molecule has 1 aliphatic heterocycles. The smallest absolute Gasteiger partial charge is 0.0496 e. The number of rotatable bonds is 0. The lowest BCUT2D eigenvalue weighted by Crippen LogP contribution is -2.04. The largest absolute Gasteiger partial charge is 0.307 e. The fraction of sp³-hybridized carbons (Fsp3) is 0.429. The van der Waals surface area contributed by atoms with Crippen LogP contribution in [-0.2, 0) is 0 Å². The number of aromatic nitrogens is 2. The fourth-order valence-corrected chi connectivity index (χ4v) is 1.34. The van der Waals surface area contributed by atoms with Crippen LogP contribution in [0, 0.1) is 0 Å². The Balaban J connectivity index is 0.000000112. The van der Waals surface area contributed by atoms with E-state index in [9.17, 15) is 0 Å². The maximum Gasteiger partial charge on any atom is 0.0496 e. The van der Waals surface area contributed by atoms with Gasteiger partial charge in [-0.1, -0.05) is 0 Å². The molecule has 0 radical (unpaired) electrons. The molecule has 4 heteroatoms. The summed E-state index contributed by atoms with van der Waals surface area (Å²) in [4.78, 5) is 0. The molecule has 0 aliphatic carbocycles. The molecule has 0 saturated carbocycles. The second kappa shape index (κ2) is 6.12. The summed E-state index contributed by atoms with van der Waals surface area (Å²) in [5.74, 6) is 2.47. The monoisotopic (exact) mass is 169 g/mol. The van der Waals surface area contributed by atoms with Gasteiger partial charge in [-0.3, -0.25) is 0 Å². The van der Waals surface area contributed by atoms with Crippen LogP contribution in [0.15, 0.2) is 24.5 Å². The molecule has 0 spiro atoms. The number of hydrogen-bond donors (Lipinski definition) is 1. The van der Waals surface area contributed by atoms with Gasteiger partial charge in [0.25, 0.3) is 0 Å². The van der Waals surface area contributed by atoms with Gasteiger partial charge in [-0.25, -0.2) is 0 Å². The summed E-state index contributed by atoms with van der Waals surface area (Å²) in [5, 5.41) is 10.3. The Kier molecular flexibility index (Phi) is 4.72. The molecule has 1 saturated heterocycles. The zero-order valence-corrected chi connectivity index (χ0v) is 7.05. The molecule has 0 bridgehead atoms. The molecule has 1 aromatic rings. The van der Waals surface area contributed by atoms with Crippen molar-refractivity contribution in [3.63, 3.8) is 0 Å². The van der Waals surface area contributed by atoms with Gasteiger partial charge in [0.05, 0.1) is 0 Å². The molecule has 1 aliphatic rings. The van der Waals surface area contributed by atoms with Crippen molar-refractivity contribution in [1.82, 2.24) is 15.5 Å². The summed E-state index contributed by atoms with van der Waals surface area (Å²) in [6.45, 7) is 1.21. The zero-order chi connectivity index (χ0) is 7.78. The van der Waals surface area contributed by atoms with Crippen LogP contribution < -0.4 is 5.32 Å². The van der Waals surface area contributed by atoms with E-state index in [0.29, 0.717) is 0 Å². The lowest BCUT2D eigenvalue weighted by molar-refractivity contribution is 0.885. The van der Waals surface area contributed by atoms with Crippen molar-refractivity contribution >= 4 is 11.8 Å². The SMILES string of the molecule is C1CSCN1.c1ccnnc1. The number of hydrogen-bond acceptors (Lipinski definition) is 4. The Labute approximate surface area is 70.6 Å². The van der Waals surface area contributed by atoms with Gasteiger partial charge in [0.1, 0.15) is 0 Å². The Morgan fingerprint density at radius 3 is 2.09 bits per heavy atom. The molecule has 11 heavy (non-hydrogen) atoms. The van der Waals surface area contributed by atoms with Crippen LogP contribution in [-0.4, -0.2) is 28.4 Å². The van der Waals surface area contributed by atoms with Crippen LogP contribution >= 0.6 is 11.8 Å². The van der Waals surface area contributed by atoms with Crippen molar-refractivity contribution in [3.8, 4) is 0 Å². The van der Waals surface area contributed by atoms with E-state index in [0.717, 1.165) is 0 Å². The Hall–Kier alpha value is -0.610. The van der Waals surface area contributed by atoms with Gasteiger partial charge < -0.3 is 5.32 Å². The van der Waals surface area contributed by atoms with Crippen LogP contribution in [0.2, 0.25) is 0 Å². The van der Waals surface area contributed by atoms with E-state index in [1.54, 1.807) is 12.4 Å². The molecule has 1 aromatic heterocycles. The number of thioether (sulfide) groups is 1. The first-order valence-corrected chi connectivity index (χ1v) is 4.66. The summed E-state index contributed by atoms with van der Waals surface area (Å²) in [6.07, 6.45) is 3.28. The van der Waals surface area contributed by atoms with Crippen LogP contribution in [0.4, 0.5) is 0 Å². The second-order valence-electron chi connectivity index (χ2n) is 1.97. The average Bonchev–Trinajstić information content (AvgIpc) is 2.64. The van der Waals surface area contributed by atoms with Crippen molar-refractivity contribution in [2.45, 2.75) is 0 Å². The normalized spacial score (nSPS) is 15.3. The maximum absolute atomic E-state index is 3.53. The predicted octanol–water partition coefficient (Wildman–Crippen LogP) is 0.757. The van der Waals surface area contributed by atoms with Gasteiger partial charge in [0, 0.05) is 30.6 Å². The average molecular weight is 169 g/mol.